The molecule has 0 bridgehead atoms. The van der Waals surface area contributed by atoms with Crippen molar-refractivity contribution in [1.82, 2.24) is 10.2 Å². The van der Waals surface area contributed by atoms with E-state index in [1.807, 2.05) is 0 Å². The molecule has 0 saturated carbocycles. The standard InChI is InChI=1S/C9H5F4N3OS/c10-4-1-2-6(5(14)3-4)17-8-16-15-7(18-8)9(11,12)13/h1-3H,14H2. The van der Waals surface area contributed by atoms with Gasteiger partial charge in [-0.25, -0.2) is 4.39 Å². The zero-order valence-corrected chi connectivity index (χ0v) is 9.35. The summed E-state index contributed by atoms with van der Waals surface area (Å²) in [6.45, 7) is 0. The number of anilines is 1. The van der Waals surface area contributed by atoms with Gasteiger partial charge in [-0.15, -0.1) is 5.10 Å². The molecule has 0 amide bonds. The second-order valence-electron chi connectivity index (χ2n) is 3.16. The highest BCUT2D eigenvalue weighted by atomic mass is 32.1. The quantitative estimate of drug-likeness (QED) is 0.678. The highest BCUT2D eigenvalue weighted by Crippen LogP contribution is 2.36. The van der Waals surface area contributed by atoms with Crippen molar-refractivity contribution in [2.45, 2.75) is 6.18 Å². The highest BCUT2D eigenvalue weighted by Gasteiger charge is 2.36. The lowest BCUT2D eigenvalue weighted by atomic mass is 10.3. The summed E-state index contributed by atoms with van der Waals surface area (Å²) < 4.78 is 54.5. The van der Waals surface area contributed by atoms with Crippen LogP contribution in [-0.4, -0.2) is 10.2 Å². The van der Waals surface area contributed by atoms with Crippen LogP contribution >= 0.6 is 11.3 Å². The molecule has 0 fully saturated rings. The van der Waals surface area contributed by atoms with Crippen LogP contribution in [0.3, 0.4) is 0 Å². The number of benzene rings is 1. The van der Waals surface area contributed by atoms with E-state index in [1.165, 1.54) is 6.07 Å². The van der Waals surface area contributed by atoms with Crippen molar-refractivity contribution in [3.8, 4) is 10.9 Å². The molecular weight excluding hydrogens is 274 g/mol. The average molecular weight is 279 g/mol. The van der Waals surface area contributed by atoms with Gasteiger partial charge in [0.25, 0.3) is 5.19 Å². The van der Waals surface area contributed by atoms with Crippen molar-refractivity contribution in [3.63, 3.8) is 0 Å². The van der Waals surface area contributed by atoms with Gasteiger partial charge in [0.15, 0.2) is 5.75 Å². The Hall–Kier alpha value is -1.90. The van der Waals surface area contributed by atoms with Crippen molar-refractivity contribution in [2.75, 3.05) is 5.73 Å². The van der Waals surface area contributed by atoms with Crippen LogP contribution < -0.4 is 10.5 Å². The zero-order chi connectivity index (χ0) is 13.3. The number of halogens is 4. The fraction of sp³-hybridized carbons (Fsp3) is 0.111. The monoisotopic (exact) mass is 279 g/mol. The number of hydrogen-bond acceptors (Lipinski definition) is 5. The Labute approximate surface area is 102 Å². The Morgan fingerprint density at radius 3 is 2.50 bits per heavy atom. The SMILES string of the molecule is Nc1cc(F)ccc1Oc1nnc(C(F)(F)F)s1. The van der Waals surface area contributed by atoms with Crippen molar-refractivity contribution >= 4 is 17.0 Å². The molecule has 1 heterocycles. The van der Waals surface area contributed by atoms with Gasteiger partial charge >= 0.3 is 6.18 Å². The molecule has 4 nitrogen and oxygen atoms in total. The first-order valence-corrected chi connectivity index (χ1v) is 5.31. The maximum Gasteiger partial charge on any atom is 0.445 e. The van der Waals surface area contributed by atoms with Crippen molar-refractivity contribution < 1.29 is 22.3 Å². The van der Waals surface area contributed by atoms with E-state index in [0.29, 0.717) is 0 Å². The first kappa shape index (κ1) is 12.6. The fourth-order valence-corrected chi connectivity index (χ4v) is 1.65. The molecule has 96 valence electrons. The van der Waals surface area contributed by atoms with Crippen LogP contribution in [-0.2, 0) is 6.18 Å². The van der Waals surface area contributed by atoms with E-state index in [4.69, 9.17) is 10.5 Å². The number of alkyl halides is 3. The molecule has 0 unspecified atom stereocenters. The van der Waals surface area contributed by atoms with Gasteiger partial charge in [-0.1, -0.05) is 16.4 Å². The molecule has 2 aromatic rings. The Bertz CT molecular complexity index is 569. The lowest BCUT2D eigenvalue weighted by molar-refractivity contribution is -0.138. The zero-order valence-electron chi connectivity index (χ0n) is 8.53. The van der Waals surface area contributed by atoms with E-state index in [-0.39, 0.29) is 28.0 Å². The van der Waals surface area contributed by atoms with Crippen LogP contribution in [0.4, 0.5) is 23.2 Å². The summed E-state index contributed by atoms with van der Waals surface area (Å²) in [6.07, 6.45) is -4.58. The summed E-state index contributed by atoms with van der Waals surface area (Å²) in [4.78, 5) is 0. The van der Waals surface area contributed by atoms with Crippen LogP contribution in [0, 0.1) is 5.82 Å². The number of rotatable bonds is 2. The highest BCUT2D eigenvalue weighted by molar-refractivity contribution is 7.13. The Morgan fingerprint density at radius 1 is 1.22 bits per heavy atom. The van der Waals surface area contributed by atoms with Gasteiger partial charge in [0.05, 0.1) is 5.69 Å². The van der Waals surface area contributed by atoms with Gasteiger partial charge in [0.2, 0.25) is 5.01 Å². The summed E-state index contributed by atoms with van der Waals surface area (Å²) in [5.74, 6) is -0.561. The number of aromatic nitrogens is 2. The molecule has 18 heavy (non-hydrogen) atoms. The van der Waals surface area contributed by atoms with Crippen LogP contribution in [0.1, 0.15) is 5.01 Å². The summed E-state index contributed by atoms with van der Waals surface area (Å²) in [5, 5.41) is 4.71. The van der Waals surface area contributed by atoms with E-state index in [1.54, 1.807) is 0 Å². The van der Waals surface area contributed by atoms with Gasteiger partial charge in [0.1, 0.15) is 5.82 Å². The molecule has 0 radical (unpaired) electrons. The minimum Gasteiger partial charge on any atom is -0.428 e. The molecule has 0 aliphatic carbocycles. The lowest BCUT2D eigenvalue weighted by Gasteiger charge is -2.04. The molecule has 0 atom stereocenters. The second kappa shape index (κ2) is 4.41. The summed E-state index contributed by atoms with van der Waals surface area (Å²) in [5.41, 5.74) is 5.39. The maximum atomic E-state index is 12.7. The Morgan fingerprint density at radius 2 is 1.94 bits per heavy atom. The van der Waals surface area contributed by atoms with Crippen LogP contribution in [0.15, 0.2) is 18.2 Å². The van der Waals surface area contributed by atoms with E-state index >= 15 is 0 Å². The van der Waals surface area contributed by atoms with Crippen LogP contribution in [0.2, 0.25) is 0 Å². The average Bonchev–Trinajstić information content (AvgIpc) is 2.70. The van der Waals surface area contributed by atoms with Gasteiger partial charge in [-0.3, -0.25) is 0 Å². The molecule has 0 aliphatic heterocycles. The Kier molecular flexibility index (Phi) is 3.07. The number of hydrogen-bond donors (Lipinski definition) is 1. The summed E-state index contributed by atoms with van der Waals surface area (Å²) in [6, 6.07) is 3.25. The summed E-state index contributed by atoms with van der Waals surface area (Å²) >= 11 is 0.229. The molecular formula is C9H5F4N3OS. The lowest BCUT2D eigenvalue weighted by Crippen LogP contribution is -2.03. The van der Waals surface area contributed by atoms with Gasteiger partial charge < -0.3 is 10.5 Å². The minimum atomic E-state index is -4.58. The molecule has 2 rings (SSSR count). The molecule has 0 saturated heterocycles. The topological polar surface area (TPSA) is 61.0 Å². The third kappa shape index (κ3) is 2.67. The smallest absolute Gasteiger partial charge is 0.428 e. The Balaban J connectivity index is 2.21. The molecule has 1 aromatic heterocycles. The molecule has 1 aromatic carbocycles. The van der Waals surface area contributed by atoms with E-state index in [9.17, 15) is 17.6 Å². The van der Waals surface area contributed by atoms with E-state index in [2.05, 4.69) is 10.2 Å². The third-order valence-corrected chi connectivity index (χ3v) is 2.66. The van der Waals surface area contributed by atoms with E-state index < -0.39 is 17.0 Å². The maximum absolute atomic E-state index is 12.7. The number of ether oxygens (including phenoxy) is 1. The predicted molar refractivity (Wildman–Crippen MR) is 55.8 cm³/mol. The fourth-order valence-electron chi connectivity index (χ4n) is 1.07. The summed E-state index contributed by atoms with van der Waals surface area (Å²) in [7, 11) is 0. The first-order chi connectivity index (χ1) is 8.36. The van der Waals surface area contributed by atoms with Crippen molar-refractivity contribution in [3.05, 3.63) is 29.0 Å². The second-order valence-corrected chi connectivity index (χ2v) is 4.10. The largest absolute Gasteiger partial charge is 0.445 e. The molecule has 0 aliphatic rings. The third-order valence-electron chi connectivity index (χ3n) is 1.82. The number of nitrogens with zero attached hydrogens (tertiary/aromatic N) is 2. The first-order valence-electron chi connectivity index (χ1n) is 4.50. The minimum absolute atomic E-state index is 0.0151. The van der Waals surface area contributed by atoms with Crippen LogP contribution in [0.5, 0.6) is 10.9 Å². The molecule has 9 heteroatoms. The van der Waals surface area contributed by atoms with Crippen molar-refractivity contribution in [1.29, 1.82) is 0 Å². The van der Waals surface area contributed by atoms with Crippen LogP contribution in [0.25, 0.3) is 0 Å². The molecule has 0 spiro atoms. The predicted octanol–water partition coefficient (Wildman–Crippen LogP) is 3.07. The van der Waals surface area contributed by atoms with E-state index in [0.717, 1.165) is 12.1 Å². The van der Waals surface area contributed by atoms with Gasteiger partial charge in [-0.2, -0.15) is 13.2 Å². The normalized spacial score (nSPS) is 11.6. The van der Waals surface area contributed by atoms with Gasteiger partial charge in [-0.05, 0) is 12.1 Å². The van der Waals surface area contributed by atoms with Gasteiger partial charge in [0, 0.05) is 6.07 Å². The number of nitrogens with two attached hydrogens (primary N) is 1. The molecule has 2 N–H and O–H groups in total. The number of nitrogen functional groups attached to an aromatic ring is 1. The van der Waals surface area contributed by atoms with Crippen molar-refractivity contribution in [2.24, 2.45) is 0 Å².